The molecule has 0 saturated carbocycles. The fourth-order valence-corrected chi connectivity index (χ4v) is 3.14. The molecule has 148 valence electrons. The van der Waals surface area contributed by atoms with Crippen molar-refractivity contribution in [2.24, 2.45) is 0 Å². The third-order valence-corrected chi connectivity index (χ3v) is 4.60. The number of rotatable bonds is 7. The number of hydrogen-bond acceptors (Lipinski definition) is 9. The third kappa shape index (κ3) is 4.02. The number of carbonyl (C=O) groups excluding carboxylic acids is 2. The van der Waals surface area contributed by atoms with Crippen molar-refractivity contribution in [2.75, 3.05) is 17.7 Å². The SMILES string of the molecule is CCOC(=O)c1oc2ccccc2c1NC(=O)CSc1nnc(-c2ccco2)o1. The first kappa shape index (κ1) is 18.8. The van der Waals surface area contributed by atoms with Crippen LogP contribution in [0, 0.1) is 0 Å². The number of hydrogen-bond donors (Lipinski definition) is 1. The Labute approximate surface area is 168 Å². The summed E-state index contributed by atoms with van der Waals surface area (Å²) in [5, 5.41) is 11.3. The molecule has 0 fully saturated rings. The molecule has 4 rings (SSSR count). The number of nitrogens with zero attached hydrogens (tertiary/aromatic N) is 2. The molecule has 3 heterocycles. The zero-order valence-corrected chi connectivity index (χ0v) is 16.0. The molecule has 1 N–H and O–H groups in total. The molecule has 0 aliphatic carbocycles. The summed E-state index contributed by atoms with van der Waals surface area (Å²) in [7, 11) is 0. The topological polar surface area (TPSA) is 121 Å². The van der Waals surface area contributed by atoms with Gasteiger partial charge in [0.05, 0.1) is 18.6 Å². The monoisotopic (exact) mass is 413 g/mol. The minimum absolute atomic E-state index is 0.0123. The molecule has 10 heteroatoms. The normalized spacial score (nSPS) is 10.9. The summed E-state index contributed by atoms with van der Waals surface area (Å²) < 4.78 is 21.2. The highest BCUT2D eigenvalue weighted by Gasteiger charge is 2.23. The van der Waals surface area contributed by atoms with Crippen molar-refractivity contribution in [3.63, 3.8) is 0 Å². The Morgan fingerprint density at radius 1 is 1.14 bits per heavy atom. The van der Waals surface area contributed by atoms with Crippen LogP contribution in [-0.2, 0) is 9.53 Å². The second kappa shape index (κ2) is 8.23. The van der Waals surface area contributed by atoms with E-state index in [0.29, 0.717) is 16.7 Å². The summed E-state index contributed by atoms with van der Waals surface area (Å²) in [5.41, 5.74) is 0.741. The van der Waals surface area contributed by atoms with E-state index in [1.807, 2.05) is 0 Å². The Kier molecular flexibility index (Phi) is 5.34. The maximum atomic E-state index is 12.5. The van der Waals surface area contributed by atoms with Crippen LogP contribution < -0.4 is 5.32 Å². The van der Waals surface area contributed by atoms with Crippen LogP contribution in [0.4, 0.5) is 5.69 Å². The van der Waals surface area contributed by atoms with Crippen molar-refractivity contribution >= 4 is 40.3 Å². The van der Waals surface area contributed by atoms with Crippen LogP contribution in [-0.4, -0.2) is 34.4 Å². The standard InChI is InChI=1S/C19H15N3O6S/c1-2-25-18(24)16-15(11-6-3-4-7-12(11)27-16)20-14(23)10-29-19-22-21-17(28-19)13-8-5-9-26-13/h3-9H,2,10H2,1H3,(H,20,23). The Balaban J connectivity index is 1.47. The van der Waals surface area contributed by atoms with E-state index in [2.05, 4.69) is 15.5 Å². The van der Waals surface area contributed by atoms with Gasteiger partial charge in [0.1, 0.15) is 11.3 Å². The zero-order chi connectivity index (χ0) is 20.2. The predicted molar refractivity (Wildman–Crippen MR) is 104 cm³/mol. The Bertz CT molecular complexity index is 1150. The summed E-state index contributed by atoms with van der Waals surface area (Å²) in [4.78, 5) is 24.7. The molecule has 1 aromatic carbocycles. The molecule has 0 aliphatic heterocycles. The lowest BCUT2D eigenvalue weighted by atomic mass is 10.2. The van der Waals surface area contributed by atoms with E-state index in [4.69, 9.17) is 18.0 Å². The van der Waals surface area contributed by atoms with Crippen molar-refractivity contribution in [1.29, 1.82) is 0 Å². The number of fused-ring (bicyclic) bond motifs is 1. The van der Waals surface area contributed by atoms with Gasteiger partial charge in [0.2, 0.25) is 11.7 Å². The second-order valence-electron chi connectivity index (χ2n) is 5.71. The number of nitrogens with one attached hydrogen (secondary N) is 1. The largest absolute Gasteiger partial charge is 0.460 e. The number of amides is 1. The van der Waals surface area contributed by atoms with Crippen molar-refractivity contribution in [3.8, 4) is 11.7 Å². The fourth-order valence-electron chi connectivity index (χ4n) is 2.58. The van der Waals surface area contributed by atoms with Gasteiger partial charge in [-0.15, -0.1) is 10.2 Å². The van der Waals surface area contributed by atoms with Crippen molar-refractivity contribution < 1.29 is 27.6 Å². The number of para-hydroxylation sites is 1. The molecule has 0 saturated heterocycles. The van der Waals surface area contributed by atoms with E-state index in [0.717, 1.165) is 11.8 Å². The van der Waals surface area contributed by atoms with Gasteiger partial charge in [-0.1, -0.05) is 23.9 Å². The van der Waals surface area contributed by atoms with Crippen LogP contribution in [0.2, 0.25) is 0 Å². The number of carbonyl (C=O) groups is 2. The minimum Gasteiger partial charge on any atom is -0.460 e. The molecule has 0 unspecified atom stereocenters. The number of aromatic nitrogens is 2. The third-order valence-electron chi connectivity index (χ3n) is 3.79. The lowest BCUT2D eigenvalue weighted by Gasteiger charge is -2.05. The number of ether oxygens (including phenoxy) is 1. The first-order valence-corrected chi connectivity index (χ1v) is 9.63. The van der Waals surface area contributed by atoms with Crippen LogP contribution in [0.5, 0.6) is 0 Å². The van der Waals surface area contributed by atoms with Crippen molar-refractivity contribution in [3.05, 3.63) is 48.4 Å². The van der Waals surface area contributed by atoms with Gasteiger partial charge >= 0.3 is 5.97 Å². The van der Waals surface area contributed by atoms with Gasteiger partial charge in [-0.05, 0) is 31.2 Å². The van der Waals surface area contributed by atoms with E-state index in [1.54, 1.807) is 43.3 Å². The number of esters is 1. The molecule has 1 amide bonds. The van der Waals surface area contributed by atoms with Crippen molar-refractivity contribution in [1.82, 2.24) is 10.2 Å². The molecular weight excluding hydrogens is 398 g/mol. The lowest BCUT2D eigenvalue weighted by Crippen LogP contribution is -2.16. The van der Waals surface area contributed by atoms with Gasteiger partial charge in [-0.25, -0.2) is 4.79 Å². The molecule has 29 heavy (non-hydrogen) atoms. The number of thioether (sulfide) groups is 1. The number of benzene rings is 1. The van der Waals surface area contributed by atoms with Crippen LogP contribution in [0.25, 0.3) is 22.6 Å². The Hall–Kier alpha value is -3.53. The molecule has 4 aromatic rings. The molecule has 0 aliphatic rings. The zero-order valence-electron chi connectivity index (χ0n) is 15.2. The number of furan rings is 2. The molecule has 0 atom stereocenters. The Morgan fingerprint density at radius 3 is 2.79 bits per heavy atom. The van der Waals surface area contributed by atoms with E-state index in [9.17, 15) is 9.59 Å². The van der Waals surface area contributed by atoms with Crippen LogP contribution >= 0.6 is 11.8 Å². The summed E-state index contributed by atoms with van der Waals surface area (Å²) in [6.45, 7) is 1.88. The van der Waals surface area contributed by atoms with E-state index < -0.39 is 5.97 Å². The van der Waals surface area contributed by atoms with Gasteiger partial charge in [-0.3, -0.25) is 4.79 Å². The van der Waals surface area contributed by atoms with Crippen LogP contribution in [0.3, 0.4) is 0 Å². The molecule has 9 nitrogen and oxygen atoms in total. The first-order chi connectivity index (χ1) is 14.2. The fraction of sp³-hybridized carbons (Fsp3) is 0.158. The van der Waals surface area contributed by atoms with E-state index in [1.165, 1.54) is 6.26 Å². The Morgan fingerprint density at radius 2 is 2.00 bits per heavy atom. The van der Waals surface area contributed by atoms with Gasteiger partial charge in [0.15, 0.2) is 5.76 Å². The summed E-state index contributed by atoms with van der Waals surface area (Å²) in [6, 6.07) is 10.4. The molecule has 0 bridgehead atoms. The average molecular weight is 413 g/mol. The highest BCUT2D eigenvalue weighted by molar-refractivity contribution is 7.99. The number of anilines is 1. The molecule has 0 radical (unpaired) electrons. The predicted octanol–water partition coefficient (Wildman–Crippen LogP) is 3.98. The first-order valence-electron chi connectivity index (χ1n) is 8.64. The maximum absolute atomic E-state index is 12.5. The molecule has 3 aromatic heterocycles. The maximum Gasteiger partial charge on any atom is 0.376 e. The van der Waals surface area contributed by atoms with Gasteiger partial charge in [0, 0.05) is 5.39 Å². The lowest BCUT2D eigenvalue weighted by molar-refractivity contribution is -0.113. The smallest absolute Gasteiger partial charge is 0.376 e. The highest BCUT2D eigenvalue weighted by atomic mass is 32.2. The van der Waals surface area contributed by atoms with Crippen LogP contribution in [0.15, 0.2) is 61.1 Å². The van der Waals surface area contributed by atoms with Crippen LogP contribution in [0.1, 0.15) is 17.5 Å². The van der Waals surface area contributed by atoms with Gasteiger partial charge in [0.25, 0.3) is 11.1 Å². The van der Waals surface area contributed by atoms with E-state index in [-0.39, 0.29) is 40.8 Å². The minimum atomic E-state index is -0.647. The molecular formula is C19H15N3O6S. The second-order valence-corrected chi connectivity index (χ2v) is 6.64. The van der Waals surface area contributed by atoms with E-state index >= 15 is 0 Å². The summed E-state index contributed by atoms with van der Waals surface area (Å²) >= 11 is 1.06. The van der Waals surface area contributed by atoms with Crippen molar-refractivity contribution in [2.45, 2.75) is 12.1 Å². The summed E-state index contributed by atoms with van der Waals surface area (Å²) in [5.74, 6) is -0.413. The summed E-state index contributed by atoms with van der Waals surface area (Å²) in [6.07, 6.45) is 1.50. The average Bonchev–Trinajstić information content (AvgIpc) is 3.46. The molecule has 0 spiro atoms. The van der Waals surface area contributed by atoms with Gasteiger partial charge in [-0.2, -0.15) is 0 Å². The quantitative estimate of drug-likeness (QED) is 0.354. The highest BCUT2D eigenvalue weighted by Crippen LogP contribution is 2.32. The van der Waals surface area contributed by atoms with Gasteiger partial charge < -0.3 is 23.3 Å².